The predicted octanol–water partition coefficient (Wildman–Crippen LogP) is 5.95. The van der Waals surface area contributed by atoms with Crippen LogP contribution in [0.1, 0.15) is 51.0 Å². The van der Waals surface area contributed by atoms with E-state index in [0.29, 0.717) is 11.8 Å². The Labute approximate surface area is 158 Å². The maximum atomic E-state index is 12.2. The van der Waals surface area contributed by atoms with Crippen LogP contribution in [0.2, 0.25) is 0 Å². The smallest absolute Gasteiger partial charge is 0.406 e. The van der Waals surface area contributed by atoms with Gasteiger partial charge in [-0.05, 0) is 49.0 Å². The monoisotopic (exact) mass is 384 g/mol. The lowest BCUT2D eigenvalue weighted by molar-refractivity contribution is -0.274. The minimum Gasteiger partial charge on any atom is -0.406 e. The highest BCUT2D eigenvalue weighted by atomic mass is 19.4. The van der Waals surface area contributed by atoms with Gasteiger partial charge in [-0.2, -0.15) is 0 Å². The number of ether oxygens (including phenoxy) is 3. The summed E-state index contributed by atoms with van der Waals surface area (Å²) >= 11 is 0. The van der Waals surface area contributed by atoms with Gasteiger partial charge in [-0.3, -0.25) is 0 Å². The molecular weight excluding hydrogens is 357 g/mol. The summed E-state index contributed by atoms with van der Waals surface area (Å²) in [6.45, 7) is 3.74. The van der Waals surface area contributed by atoms with Crippen LogP contribution in [0.25, 0.3) is 5.57 Å². The summed E-state index contributed by atoms with van der Waals surface area (Å²) in [5.41, 5.74) is 2.09. The van der Waals surface area contributed by atoms with Crippen LogP contribution in [-0.4, -0.2) is 25.9 Å². The van der Waals surface area contributed by atoms with Crippen LogP contribution in [0.15, 0.2) is 30.3 Å². The Kier molecular flexibility index (Phi) is 6.82. The van der Waals surface area contributed by atoms with Crippen LogP contribution in [0, 0.1) is 11.8 Å². The summed E-state index contributed by atoms with van der Waals surface area (Å²) in [5, 5.41) is 0. The van der Waals surface area contributed by atoms with Crippen molar-refractivity contribution < 1.29 is 27.4 Å². The highest BCUT2D eigenvalue weighted by molar-refractivity contribution is 5.66. The largest absolute Gasteiger partial charge is 0.573 e. The first-order valence-electron chi connectivity index (χ1n) is 9.73. The molecule has 1 heterocycles. The van der Waals surface area contributed by atoms with Crippen molar-refractivity contribution in [2.45, 2.75) is 58.1 Å². The molecule has 3 nitrogen and oxygen atoms in total. The molecule has 0 radical (unpaired) electrons. The molecule has 0 spiro atoms. The van der Waals surface area contributed by atoms with Gasteiger partial charge in [-0.25, -0.2) is 0 Å². The van der Waals surface area contributed by atoms with E-state index in [1.807, 2.05) is 0 Å². The van der Waals surface area contributed by atoms with E-state index in [2.05, 4.69) is 17.7 Å². The average molecular weight is 384 g/mol. The lowest BCUT2D eigenvalue weighted by Crippen LogP contribution is -2.37. The average Bonchev–Trinajstić information content (AvgIpc) is 2.66. The van der Waals surface area contributed by atoms with E-state index in [-0.39, 0.29) is 12.0 Å². The van der Waals surface area contributed by atoms with E-state index in [1.54, 1.807) is 12.1 Å². The highest BCUT2D eigenvalue weighted by Gasteiger charge is 2.32. The Balaban J connectivity index is 1.50. The number of hydrogen-bond donors (Lipinski definition) is 0. The molecule has 1 aliphatic heterocycles. The molecule has 0 bridgehead atoms. The number of rotatable bonds is 6. The summed E-state index contributed by atoms with van der Waals surface area (Å²) in [7, 11) is 0. The van der Waals surface area contributed by atoms with Crippen LogP contribution in [0.5, 0.6) is 5.75 Å². The predicted molar refractivity (Wildman–Crippen MR) is 97.2 cm³/mol. The van der Waals surface area contributed by atoms with Crippen LogP contribution in [0.3, 0.4) is 0 Å². The fraction of sp³-hybridized carbons (Fsp3) is 0.619. The lowest BCUT2D eigenvalue weighted by atomic mass is 9.86. The molecule has 27 heavy (non-hydrogen) atoms. The van der Waals surface area contributed by atoms with Crippen LogP contribution >= 0.6 is 0 Å². The quantitative estimate of drug-likeness (QED) is 0.607. The topological polar surface area (TPSA) is 27.7 Å². The maximum Gasteiger partial charge on any atom is 0.573 e. The minimum atomic E-state index is -4.66. The van der Waals surface area contributed by atoms with Crippen molar-refractivity contribution in [3.05, 3.63) is 35.9 Å². The van der Waals surface area contributed by atoms with Gasteiger partial charge in [0.2, 0.25) is 0 Å². The summed E-state index contributed by atoms with van der Waals surface area (Å²) in [6.07, 6.45) is 3.61. The third kappa shape index (κ3) is 5.98. The van der Waals surface area contributed by atoms with Crippen molar-refractivity contribution >= 4 is 5.57 Å². The molecule has 0 saturated carbocycles. The molecule has 0 aromatic heterocycles. The SMILES string of the molecule is CCCCC1COC(C2CC=C(c3ccc(OC(F)(F)F)cc3)CC2)OC1. The third-order valence-corrected chi connectivity index (χ3v) is 5.25. The zero-order chi connectivity index (χ0) is 19.3. The fourth-order valence-electron chi connectivity index (χ4n) is 3.72. The first-order valence-corrected chi connectivity index (χ1v) is 9.73. The van der Waals surface area contributed by atoms with E-state index in [1.165, 1.54) is 25.0 Å². The molecular formula is C21H27F3O3. The molecule has 1 aromatic carbocycles. The summed E-state index contributed by atoms with van der Waals surface area (Å²) < 4.78 is 52.6. The normalized spacial score (nSPS) is 26.5. The standard InChI is InChI=1S/C21H27F3O3/c1-2-3-4-15-13-25-20(26-14-15)18-7-5-16(6-8-18)17-9-11-19(12-10-17)27-21(22,23)24/h5,9-12,15,18,20H,2-4,6-8,13-14H2,1H3. The van der Waals surface area contributed by atoms with Crippen molar-refractivity contribution in [2.24, 2.45) is 11.8 Å². The van der Waals surface area contributed by atoms with E-state index in [9.17, 15) is 13.2 Å². The second-order valence-corrected chi connectivity index (χ2v) is 7.38. The van der Waals surface area contributed by atoms with Crippen LogP contribution < -0.4 is 4.74 Å². The summed E-state index contributed by atoms with van der Waals surface area (Å²) in [5.74, 6) is 0.657. The number of hydrogen-bond acceptors (Lipinski definition) is 3. The van der Waals surface area contributed by atoms with E-state index < -0.39 is 6.36 Å². The van der Waals surface area contributed by atoms with Gasteiger partial charge in [0.15, 0.2) is 6.29 Å². The second-order valence-electron chi connectivity index (χ2n) is 7.38. The van der Waals surface area contributed by atoms with Gasteiger partial charge in [0.05, 0.1) is 13.2 Å². The second kappa shape index (κ2) is 9.11. The number of alkyl halides is 3. The van der Waals surface area contributed by atoms with Crippen molar-refractivity contribution in [2.75, 3.05) is 13.2 Å². The first-order chi connectivity index (χ1) is 12.9. The van der Waals surface area contributed by atoms with Gasteiger partial charge >= 0.3 is 6.36 Å². The molecule has 1 fully saturated rings. The number of allylic oxidation sites excluding steroid dienone is 2. The van der Waals surface area contributed by atoms with Crippen molar-refractivity contribution in [1.82, 2.24) is 0 Å². The number of unbranched alkanes of at least 4 members (excludes halogenated alkanes) is 1. The molecule has 1 saturated heterocycles. The molecule has 0 N–H and O–H groups in total. The zero-order valence-corrected chi connectivity index (χ0v) is 15.6. The Morgan fingerprint density at radius 3 is 2.37 bits per heavy atom. The van der Waals surface area contributed by atoms with Gasteiger partial charge in [0.25, 0.3) is 0 Å². The van der Waals surface area contributed by atoms with Gasteiger partial charge in [0.1, 0.15) is 5.75 Å². The van der Waals surface area contributed by atoms with Crippen molar-refractivity contribution in [3.8, 4) is 5.75 Å². The van der Waals surface area contributed by atoms with Gasteiger partial charge in [-0.15, -0.1) is 13.2 Å². The molecule has 1 aliphatic carbocycles. The Morgan fingerprint density at radius 2 is 1.81 bits per heavy atom. The highest BCUT2D eigenvalue weighted by Crippen LogP contribution is 2.35. The number of halogens is 3. The lowest BCUT2D eigenvalue weighted by Gasteiger charge is -2.35. The van der Waals surface area contributed by atoms with E-state index in [4.69, 9.17) is 9.47 Å². The van der Waals surface area contributed by atoms with Crippen molar-refractivity contribution in [1.29, 1.82) is 0 Å². The van der Waals surface area contributed by atoms with Gasteiger partial charge in [-0.1, -0.05) is 38.0 Å². The minimum absolute atomic E-state index is 0.136. The molecule has 1 atom stereocenters. The van der Waals surface area contributed by atoms with Gasteiger partial charge in [0, 0.05) is 11.8 Å². The van der Waals surface area contributed by atoms with Crippen LogP contribution in [0.4, 0.5) is 13.2 Å². The fourth-order valence-corrected chi connectivity index (χ4v) is 3.72. The molecule has 0 amide bonds. The maximum absolute atomic E-state index is 12.2. The molecule has 3 rings (SSSR count). The molecule has 6 heteroatoms. The Hall–Kier alpha value is -1.53. The molecule has 1 aromatic rings. The van der Waals surface area contributed by atoms with E-state index >= 15 is 0 Å². The van der Waals surface area contributed by atoms with Crippen molar-refractivity contribution in [3.63, 3.8) is 0 Å². The van der Waals surface area contributed by atoms with Gasteiger partial charge < -0.3 is 14.2 Å². The Bertz CT molecular complexity index is 617. The van der Waals surface area contributed by atoms with Crippen LogP contribution in [-0.2, 0) is 9.47 Å². The molecule has 2 aliphatic rings. The summed E-state index contributed by atoms with van der Waals surface area (Å²) in [4.78, 5) is 0. The van der Waals surface area contributed by atoms with E-state index in [0.717, 1.165) is 50.0 Å². The zero-order valence-electron chi connectivity index (χ0n) is 15.6. The Morgan fingerprint density at radius 1 is 1.11 bits per heavy atom. The molecule has 1 unspecified atom stereocenters. The summed E-state index contributed by atoms with van der Waals surface area (Å²) in [6, 6.07) is 6.08. The molecule has 150 valence electrons. The third-order valence-electron chi connectivity index (χ3n) is 5.25. The first kappa shape index (κ1) is 20.2. The number of benzene rings is 1.